The van der Waals surface area contributed by atoms with Gasteiger partial charge in [-0.1, -0.05) is 129 Å². The largest absolute Gasteiger partial charge is 0.372 e. The zero-order valence-corrected chi connectivity index (χ0v) is 25.2. The van der Waals surface area contributed by atoms with E-state index in [2.05, 4.69) is 61.8 Å². The first-order valence-corrected chi connectivity index (χ1v) is 16.4. The fourth-order valence-electron chi connectivity index (χ4n) is 5.41. The molecule has 2 nitrogen and oxygen atoms in total. The summed E-state index contributed by atoms with van der Waals surface area (Å²) >= 11 is 0. The van der Waals surface area contributed by atoms with Gasteiger partial charge in [-0.05, 0) is 51.0 Å². The third kappa shape index (κ3) is 16.5. The van der Waals surface area contributed by atoms with E-state index < -0.39 is 0 Å². The number of unbranched alkanes of at least 4 members (excludes halogenated alkanes) is 18. The Hall–Kier alpha value is -1.18. The molecule has 36 heavy (non-hydrogen) atoms. The molecule has 0 fully saturated rings. The summed E-state index contributed by atoms with van der Waals surface area (Å²) in [5, 5.41) is 0. The van der Waals surface area contributed by atoms with Crippen LogP contribution in [-0.2, 0) is 0 Å². The second-order valence-corrected chi connectivity index (χ2v) is 11.0. The van der Waals surface area contributed by atoms with Crippen LogP contribution >= 0.6 is 0 Å². The van der Waals surface area contributed by atoms with Gasteiger partial charge in [0.15, 0.2) is 0 Å². The Bertz CT molecular complexity index is 539. The minimum atomic E-state index is 1.08. The predicted octanol–water partition coefficient (Wildman–Crippen LogP) is 11.2. The number of anilines is 2. The molecule has 0 atom stereocenters. The molecule has 0 aliphatic rings. The average Bonchev–Trinajstić information content (AvgIpc) is 2.90. The van der Waals surface area contributed by atoms with Crippen molar-refractivity contribution in [1.29, 1.82) is 0 Å². The third-order valence-electron chi connectivity index (χ3n) is 7.91. The van der Waals surface area contributed by atoms with E-state index in [0.717, 1.165) is 13.1 Å². The van der Waals surface area contributed by atoms with Gasteiger partial charge in [-0.3, -0.25) is 0 Å². The molecule has 0 unspecified atom stereocenters. The fourth-order valence-corrected chi connectivity index (χ4v) is 5.41. The van der Waals surface area contributed by atoms with Crippen LogP contribution in [0.3, 0.4) is 0 Å². The van der Waals surface area contributed by atoms with E-state index in [-0.39, 0.29) is 0 Å². The number of hydrogen-bond acceptors (Lipinski definition) is 2. The van der Waals surface area contributed by atoms with Crippen molar-refractivity contribution >= 4 is 11.4 Å². The highest BCUT2D eigenvalue weighted by molar-refractivity contribution is 5.56. The molecular weight excluding hydrogens is 436 g/mol. The smallest absolute Gasteiger partial charge is 0.0367 e. The Morgan fingerprint density at radius 1 is 0.361 bits per heavy atom. The van der Waals surface area contributed by atoms with Gasteiger partial charge in [-0.2, -0.15) is 0 Å². The minimum Gasteiger partial charge on any atom is -0.372 e. The van der Waals surface area contributed by atoms with Crippen LogP contribution in [0.4, 0.5) is 11.4 Å². The zero-order chi connectivity index (χ0) is 26.1. The first-order chi connectivity index (χ1) is 17.8. The van der Waals surface area contributed by atoms with E-state index in [1.165, 1.54) is 153 Å². The summed E-state index contributed by atoms with van der Waals surface area (Å²) < 4.78 is 0. The summed E-state index contributed by atoms with van der Waals surface area (Å²) in [4.78, 5) is 5.13. The molecule has 0 saturated carbocycles. The highest BCUT2D eigenvalue weighted by atomic mass is 15.1. The SMILES string of the molecule is CCCCCCCCCCCCN(CCCCCCCCCCCC)c1ccc(N(CC)CC)cc1. The lowest BCUT2D eigenvalue weighted by Gasteiger charge is -2.27. The molecule has 0 heterocycles. The molecule has 1 aromatic rings. The highest BCUT2D eigenvalue weighted by Crippen LogP contribution is 2.22. The molecule has 0 spiro atoms. The summed E-state index contributed by atoms with van der Waals surface area (Å²) in [5.74, 6) is 0. The standard InChI is InChI=1S/C34H64N2/c1-5-9-11-13-15-17-19-21-23-25-31-36(32-26-24-22-20-18-16-14-12-10-6-2)34-29-27-33(28-30-34)35(7-3)8-4/h27-30H,5-26,31-32H2,1-4H3. The lowest BCUT2D eigenvalue weighted by molar-refractivity contribution is 0.543. The first kappa shape index (κ1) is 32.8. The summed E-state index contributed by atoms with van der Waals surface area (Å²) in [5.41, 5.74) is 2.79. The third-order valence-corrected chi connectivity index (χ3v) is 7.91. The summed E-state index contributed by atoms with van der Waals surface area (Å²) in [6.45, 7) is 13.7. The van der Waals surface area contributed by atoms with E-state index >= 15 is 0 Å². The molecule has 210 valence electrons. The van der Waals surface area contributed by atoms with Crippen LogP contribution in [0.1, 0.15) is 156 Å². The van der Waals surface area contributed by atoms with Crippen LogP contribution in [-0.4, -0.2) is 26.2 Å². The van der Waals surface area contributed by atoms with Crippen LogP contribution < -0.4 is 9.80 Å². The number of rotatable bonds is 26. The van der Waals surface area contributed by atoms with Gasteiger partial charge in [0, 0.05) is 37.6 Å². The summed E-state index contributed by atoms with van der Waals surface area (Å²) in [7, 11) is 0. The van der Waals surface area contributed by atoms with Crippen molar-refractivity contribution in [3.63, 3.8) is 0 Å². The summed E-state index contributed by atoms with van der Waals surface area (Å²) in [6.07, 6.45) is 28.3. The highest BCUT2D eigenvalue weighted by Gasteiger charge is 2.08. The second-order valence-electron chi connectivity index (χ2n) is 11.0. The van der Waals surface area contributed by atoms with Crippen molar-refractivity contribution in [2.75, 3.05) is 36.0 Å². The Morgan fingerprint density at radius 2 is 0.639 bits per heavy atom. The van der Waals surface area contributed by atoms with Gasteiger partial charge in [0.25, 0.3) is 0 Å². The Labute approximate surface area is 227 Å². The van der Waals surface area contributed by atoms with Crippen LogP contribution in [0.2, 0.25) is 0 Å². The molecule has 0 aromatic heterocycles. The first-order valence-electron chi connectivity index (χ1n) is 16.4. The molecule has 0 N–H and O–H groups in total. The summed E-state index contributed by atoms with van der Waals surface area (Å²) in [6, 6.07) is 9.43. The molecule has 1 aromatic carbocycles. The molecule has 0 bridgehead atoms. The fraction of sp³-hybridized carbons (Fsp3) is 0.824. The van der Waals surface area contributed by atoms with Crippen molar-refractivity contribution in [3.05, 3.63) is 24.3 Å². The minimum absolute atomic E-state index is 1.08. The maximum Gasteiger partial charge on any atom is 0.0367 e. The van der Waals surface area contributed by atoms with Crippen LogP contribution in [0.5, 0.6) is 0 Å². The van der Waals surface area contributed by atoms with E-state index in [0.29, 0.717) is 0 Å². The van der Waals surface area contributed by atoms with E-state index in [1.54, 1.807) is 0 Å². The van der Waals surface area contributed by atoms with Crippen LogP contribution in [0.15, 0.2) is 24.3 Å². The maximum atomic E-state index is 2.68. The van der Waals surface area contributed by atoms with Crippen molar-refractivity contribution in [2.45, 2.75) is 156 Å². The molecular formula is C34H64N2. The molecule has 0 amide bonds. The molecule has 0 saturated heterocycles. The number of nitrogens with zero attached hydrogens (tertiary/aromatic N) is 2. The van der Waals surface area contributed by atoms with Crippen LogP contribution in [0, 0.1) is 0 Å². The molecule has 0 aliphatic carbocycles. The predicted molar refractivity (Wildman–Crippen MR) is 166 cm³/mol. The molecule has 0 aliphatic heterocycles. The maximum absolute atomic E-state index is 2.68. The second kappa shape index (κ2) is 24.2. The molecule has 0 radical (unpaired) electrons. The van der Waals surface area contributed by atoms with E-state index in [1.807, 2.05) is 0 Å². The van der Waals surface area contributed by atoms with Crippen molar-refractivity contribution < 1.29 is 0 Å². The van der Waals surface area contributed by atoms with Gasteiger partial charge in [-0.25, -0.2) is 0 Å². The Morgan fingerprint density at radius 3 is 0.944 bits per heavy atom. The van der Waals surface area contributed by atoms with E-state index in [4.69, 9.17) is 0 Å². The van der Waals surface area contributed by atoms with Crippen LogP contribution in [0.25, 0.3) is 0 Å². The molecule has 1 rings (SSSR count). The van der Waals surface area contributed by atoms with Crippen molar-refractivity contribution in [2.24, 2.45) is 0 Å². The van der Waals surface area contributed by atoms with Crippen molar-refractivity contribution in [3.8, 4) is 0 Å². The van der Waals surface area contributed by atoms with Crippen molar-refractivity contribution in [1.82, 2.24) is 0 Å². The van der Waals surface area contributed by atoms with Gasteiger partial charge in [0.05, 0.1) is 0 Å². The van der Waals surface area contributed by atoms with Gasteiger partial charge in [0.1, 0.15) is 0 Å². The topological polar surface area (TPSA) is 6.48 Å². The van der Waals surface area contributed by atoms with Gasteiger partial charge < -0.3 is 9.80 Å². The lowest BCUT2D eigenvalue weighted by atomic mass is 10.1. The Kier molecular flexibility index (Phi) is 22.1. The zero-order valence-electron chi connectivity index (χ0n) is 25.2. The monoisotopic (exact) mass is 501 g/mol. The lowest BCUT2D eigenvalue weighted by Crippen LogP contribution is -2.26. The number of benzene rings is 1. The van der Waals surface area contributed by atoms with Gasteiger partial charge in [-0.15, -0.1) is 0 Å². The van der Waals surface area contributed by atoms with E-state index in [9.17, 15) is 0 Å². The van der Waals surface area contributed by atoms with Gasteiger partial charge >= 0.3 is 0 Å². The normalized spacial score (nSPS) is 11.2. The number of hydrogen-bond donors (Lipinski definition) is 0. The average molecular weight is 501 g/mol. The quantitative estimate of drug-likeness (QED) is 0.117. The Balaban J connectivity index is 2.37. The van der Waals surface area contributed by atoms with Gasteiger partial charge in [0.2, 0.25) is 0 Å². The molecule has 2 heteroatoms.